The lowest BCUT2D eigenvalue weighted by Crippen LogP contribution is -2.01. The summed E-state index contributed by atoms with van der Waals surface area (Å²) in [6, 6.07) is 4.53. The average molecular weight is 307 g/mol. The molecule has 0 aliphatic rings. The molecule has 2 rings (SSSR count). The topological polar surface area (TPSA) is 68.7 Å². The molecule has 0 saturated heterocycles. The second kappa shape index (κ2) is 7.08. The quantitative estimate of drug-likeness (QED) is 0.849. The van der Waals surface area contributed by atoms with Gasteiger partial charge in [0.05, 0.1) is 23.4 Å². The molecule has 0 aliphatic carbocycles. The summed E-state index contributed by atoms with van der Waals surface area (Å²) in [6.07, 6.45) is 2.02. The lowest BCUT2D eigenvalue weighted by atomic mass is 10.2. The van der Waals surface area contributed by atoms with E-state index in [-0.39, 0.29) is 5.56 Å². The molecule has 1 aromatic carbocycles. The molecule has 0 atom stereocenters. The largest absolute Gasteiger partial charge is 0.493 e. The molecular weight excluding hydrogens is 290 g/mol. The molecule has 1 heterocycles. The summed E-state index contributed by atoms with van der Waals surface area (Å²) < 4.78 is 10.8. The minimum atomic E-state index is -0.999. The lowest BCUT2D eigenvalue weighted by Gasteiger charge is -2.10. The fraction of sp³-hybridized carbons (Fsp3) is 0.333. The van der Waals surface area contributed by atoms with Gasteiger partial charge in [0.2, 0.25) is 0 Å². The Bertz CT molecular complexity index is 624. The molecule has 0 amide bonds. The van der Waals surface area contributed by atoms with Crippen molar-refractivity contribution in [3.8, 4) is 11.5 Å². The highest BCUT2D eigenvalue weighted by Crippen LogP contribution is 2.29. The zero-order valence-electron chi connectivity index (χ0n) is 12.0. The fourth-order valence-electron chi connectivity index (χ4n) is 1.82. The minimum absolute atomic E-state index is 0.163. The van der Waals surface area contributed by atoms with Gasteiger partial charge < -0.3 is 14.6 Å². The lowest BCUT2D eigenvalue weighted by molar-refractivity contribution is 0.0696. The number of aromatic carboxylic acids is 1. The number of aryl methyl sites for hydroxylation is 1. The van der Waals surface area contributed by atoms with Crippen LogP contribution in [0.2, 0.25) is 0 Å². The molecule has 1 N–H and O–H groups in total. The number of aromatic nitrogens is 1. The van der Waals surface area contributed by atoms with E-state index < -0.39 is 5.97 Å². The maximum absolute atomic E-state index is 11.0. The normalized spacial score (nSPS) is 10.4. The summed E-state index contributed by atoms with van der Waals surface area (Å²) in [5, 5.41) is 12.1. The Kier molecular flexibility index (Phi) is 5.16. The Morgan fingerprint density at radius 3 is 2.86 bits per heavy atom. The van der Waals surface area contributed by atoms with Crippen LogP contribution < -0.4 is 9.47 Å². The van der Waals surface area contributed by atoms with E-state index in [1.54, 1.807) is 17.4 Å². The first-order valence-corrected chi connectivity index (χ1v) is 7.49. The number of thiazole rings is 1. The van der Waals surface area contributed by atoms with Crippen molar-refractivity contribution in [1.29, 1.82) is 0 Å². The number of methoxy groups -OCH3 is 1. The van der Waals surface area contributed by atoms with Crippen molar-refractivity contribution in [2.45, 2.75) is 26.4 Å². The molecule has 0 saturated carbocycles. The van der Waals surface area contributed by atoms with Crippen LogP contribution in [-0.2, 0) is 13.0 Å². The van der Waals surface area contributed by atoms with Crippen LogP contribution in [0.25, 0.3) is 0 Å². The third kappa shape index (κ3) is 3.95. The molecule has 5 nitrogen and oxygen atoms in total. The van der Waals surface area contributed by atoms with Gasteiger partial charge >= 0.3 is 5.97 Å². The standard InChI is InChI=1S/C15H17NO4S/c1-3-4-14-16-11(9-21-14)8-20-13-7-10(15(17)18)5-6-12(13)19-2/h5-7,9H,3-4,8H2,1-2H3,(H,17,18). The van der Waals surface area contributed by atoms with Crippen molar-refractivity contribution in [3.63, 3.8) is 0 Å². The maximum Gasteiger partial charge on any atom is 0.335 e. The zero-order valence-corrected chi connectivity index (χ0v) is 12.8. The number of benzene rings is 1. The fourth-order valence-corrected chi connectivity index (χ4v) is 2.70. The first-order valence-electron chi connectivity index (χ1n) is 6.61. The second-order valence-electron chi connectivity index (χ2n) is 4.44. The monoisotopic (exact) mass is 307 g/mol. The summed E-state index contributed by atoms with van der Waals surface area (Å²) in [5.41, 5.74) is 1.00. The molecule has 0 fully saturated rings. The highest BCUT2D eigenvalue weighted by Gasteiger charge is 2.11. The Hall–Kier alpha value is -2.08. The summed E-state index contributed by atoms with van der Waals surface area (Å²) >= 11 is 1.61. The molecule has 0 spiro atoms. The number of ether oxygens (including phenoxy) is 2. The van der Waals surface area contributed by atoms with Gasteiger partial charge in [-0.05, 0) is 31.0 Å². The van der Waals surface area contributed by atoms with Crippen molar-refractivity contribution < 1.29 is 19.4 Å². The van der Waals surface area contributed by atoms with E-state index in [1.165, 1.54) is 19.2 Å². The van der Waals surface area contributed by atoms with Crippen LogP contribution in [0.3, 0.4) is 0 Å². The van der Waals surface area contributed by atoms with Crippen molar-refractivity contribution in [2.75, 3.05) is 7.11 Å². The van der Waals surface area contributed by atoms with E-state index in [1.807, 2.05) is 5.38 Å². The first kappa shape index (κ1) is 15.3. The number of carboxylic acid groups (broad SMARTS) is 1. The minimum Gasteiger partial charge on any atom is -0.493 e. The molecule has 0 bridgehead atoms. The second-order valence-corrected chi connectivity index (χ2v) is 5.38. The third-order valence-electron chi connectivity index (χ3n) is 2.85. The van der Waals surface area contributed by atoms with Gasteiger partial charge in [-0.25, -0.2) is 9.78 Å². The number of carboxylic acids is 1. The number of rotatable bonds is 7. The van der Waals surface area contributed by atoms with E-state index in [4.69, 9.17) is 14.6 Å². The smallest absolute Gasteiger partial charge is 0.335 e. The summed E-state index contributed by atoms with van der Waals surface area (Å²) in [7, 11) is 1.52. The van der Waals surface area contributed by atoms with Gasteiger partial charge in [0.1, 0.15) is 6.61 Å². The molecule has 0 aliphatic heterocycles. The molecule has 0 unspecified atom stereocenters. The zero-order chi connectivity index (χ0) is 15.2. The van der Waals surface area contributed by atoms with Gasteiger partial charge in [-0.15, -0.1) is 11.3 Å². The summed E-state index contributed by atoms with van der Waals surface area (Å²) in [4.78, 5) is 15.5. The maximum atomic E-state index is 11.0. The summed E-state index contributed by atoms with van der Waals surface area (Å²) in [6.45, 7) is 2.40. The number of hydrogen-bond acceptors (Lipinski definition) is 5. The van der Waals surface area contributed by atoms with Crippen molar-refractivity contribution in [3.05, 3.63) is 39.8 Å². The van der Waals surface area contributed by atoms with E-state index in [9.17, 15) is 4.79 Å². The van der Waals surface area contributed by atoms with E-state index in [2.05, 4.69) is 11.9 Å². The van der Waals surface area contributed by atoms with Crippen molar-refractivity contribution in [2.24, 2.45) is 0 Å². The van der Waals surface area contributed by atoms with Gasteiger partial charge in [-0.1, -0.05) is 6.92 Å². The Labute approximate surface area is 127 Å². The molecule has 2 aromatic rings. The Morgan fingerprint density at radius 1 is 1.38 bits per heavy atom. The van der Waals surface area contributed by atoms with Crippen molar-refractivity contribution >= 4 is 17.3 Å². The van der Waals surface area contributed by atoms with Crippen LogP contribution in [0.15, 0.2) is 23.6 Å². The molecule has 21 heavy (non-hydrogen) atoms. The Balaban J connectivity index is 2.10. The van der Waals surface area contributed by atoms with Crippen LogP contribution in [0.1, 0.15) is 34.4 Å². The highest BCUT2D eigenvalue weighted by atomic mass is 32.1. The number of nitrogens with zero attached hydrogens (tertiary/aromatic N) is 1. The van der Waals surface area contributed by atoms with E-state index in [0.717, 1.165) is 23.5 Å². The van der Waals surface area contributed by atoms with Crippen LogP contribution in [0.5, 0.6) is 11.5 Å². The molecule has 1 aromatic heterocycles. The van der Waals surface area contributed by atoms with Gasteiger partial charge in [0, 0.05) is 5.38 Å². The third-order valence-corrected chi connectivity index (χ3v) is 3.81. The number of carbonyl (C=O) groups is 1. The van der Waals surface area contributed by atoms with Gasteiger partial charge in [0.15, 0.2) is 11.5 Å². The van der Waals surface area contributed by atoms with Crippen LogP contribution in [0.4, 0.5) is 0 Å². The van der Waals surface area contributed by atoms with E-state index >= 15 is 0 Å². The molecule has 6 heteroatoms. The van der Waals surface area contributed by atoms with Crippen LogP contribution in [0, 0.1) is 0 Å². The average Bonchev–Trinajstić information content (AvgIpc) is 2.92. The molecular formula is C15H17NO4S. The molecule has 0 radical (unpaired) electrons. The van der Waals surface area contributed by atoms with Gasteiger partial charge in [-0.2, -0.15) is 0 Å². The van der Waals surface area contributed by atoms with Crippen molar-refractivity contribution in [1.82, 2.24) is 4.98 Å². The predicted octanol–water partition coefficient (Wildman–Crippen LogP) is 3.38. The SMILES string of the molecule is CCCc1nc(COc2cc(C(=O)O)ccc2OC)cs1. The van der Waals surface area contributed by atoms with Gasteiger partial charge in [-0.3, -0.25) is 0 Å². The molecule has 112 valence electrons. The highest BCUT2D eigenvalue weighted by molar-refractivity contribution is 7.09. The predicted molar refractivity (Wildman–Crippen MR) is 80.4 cm³/mol. The number of hydrogen-bond donors (Lipinski definition) is 1. The Morgan fingerprint density at radius 2 is 2.19 bits per heavy atom. The van der Waals surface area contributed by atoms with Crippen LogP contribution in [-0.4, -0.2) is 23.2 Å². The van der Waals surface area contributed by atoms with E-state index in [0.29, 0.717) is 18.1 Å². The first-order chi connectivity index (χ1) is 10.1. The van der Waals surface area contributed by atoms with Crippen LogP contribution >= 0.6 is 11.3 Å². The summed E-state index contributed by atoms with van der Waals surface area (Å²) in [5.74, 6) is -0.0900. The van der Waals surface area contributed by atoms with Gasteiger partial charge in [0.25, 0.3) is 0 Å².